The maximum Gasteiger partial charge on any atom is 0.223 e. The normalized spacial score (nSPS) is 20.5. The highest BCUT2D eigenvalue weighted by atomic mass is 35.6. The van der Waals surface area contributed by atoms with Gasteiger partial charge in [-0.1, -0.05) is 158 Å². The molecule has 2 aliphatic rings. The van der Waals surface area contributed by atoms with E-state index in [1.165, 1.54) is 12.7 Å². The number of nitrogens with one attached hydrogen (secondary N) is 2. The quantitative estimate of drug-likeness (QED) is 0.0800. The number of rotatable bonds is 12. The number of alkyl halides is 6. The monoisotopic (exact) mass is 1040 g/mol. The SMILES string of the molecule is CC(C)(C)C(O)/C(=C\c1ccc(Cl)cc1)n1cncn1.CC1(C)CC/C(=C\c2ccc(Cl)cc2)C1(O)Cn1cncn1.O=CNC(N1CCN(C(NC=O)C(Cl)(Cl)Cl)CC1)C(Cl)(Cl)Cl. The number of amides is 2. The molecule has 2 amide bonds. The molecule has 0 radical (unpaired) electrons. The van der Waals surface area contributed by atoms with E-state index in [-0.39, 0.29) is 10.8 Å². The van der Waals surface area contributed by atoms with Crippen LogP contribution in [0.1, 0.15) is 58.6 Å². The number of carbonyl (C=O) groups excluding carboxylic acids is 2. The molecule has 6 rings (SSSR count). The topological polar surface area (TPSA) is 167 Å². The predicted molar refractivity (Wildman–Crippen MR) is 258 cm³/mol. The van der Waals surface area contributed by atoms with E-state index in [1.54, 1.807) is 31.8 Å². The third kappa shape index (κ3) is 15.2. The summed E-state index contributed by atoms with van der Waals surface area (Å²) in [5, 5.41) is 36.5. The molecule has 2 aromatic carbocycles. The molecular formula is C42H52Cl8N10O4. The molecule has 4 aromatic rings. The van der Waals surface area contributed by atoms with E-state index >= 15 is 0 Å². The van der Waals surface area contributed by atoms with Crippen molar-refractivity contribution in [2.45, 2.75) is 85.6 Å². The van der Waals surface area contributed by atoms with Crippen molar-refractivity contribution in [3.05, 3.63) is 101 Å². The number of hydrogen-bond donors (Lipinski definition) is 4. The minimum atomic E-state index is -1.68. The first kappa shape index (κ1) is 53.9. The Hall–Kier alpha value is -2.70. The van der Waals surface area contributed by atoms with E-state index in [1.807, 2.05) is 75.4 Å². The van der Waals surface area contributed by atoms with Crippen molar-refractivity contribution in [1.29, 1.82) is 0 Å². The van der Waals surface area contributed by atoms with Crippen LogP contribution in [-0.2, 0) is 16.1 Å². The van der Waals surface area contributed by atoms with Gasteiger partial charge in [0.2, 0.25) is 20.4 Å². The lowest BCUT2D eigenvalue weighted by Gasteiger charge is -2.44. The summed E-state index contributed by atoms with van der Waals surface area (Å²) in [6.07, 6.45) is 10.7. The highest BCUT2D eigenvalue weighted by Gasteiger charge is 2.51. The first-order valence-corrected chi connectivity index (χ1v) is 22.9. The molecule has 1 aliphatic heterocycles. The molecule has 4 atom stereocenters. The van der Waals surface area contributed by atoms with Crippen molar-refractivity contribution < 1.29 is 19.8 Å². The Kier molecular flexibility index (Phi) is 19.7. The average molecular weight is 1040 g/mol. The molecule has 0 spiro atoms. The number of benzene rings is 2. The van der Waals surface area contributed by atoms with Crippen molar-refractivity contribution in [2.24, 2.45) is 10.8 Å². The molecule has 4 unspecified atom stereocenters. The van der Waals surface area contributed by atoms with Crippen LogP contribution in [0.3, 0.4) is 0 Å². The zero-order valence-corrected chi connectivity index (χ0v) is 41.8. The van der Waals surface area contributed by atoms with Crippen LogP contribution in [0, 0.1) is 10.8 Å². The molecule has 14 nitrogen and oxygen atoms in total. The summed E-state index contributed by atoms with van der Waals surface area (Å²) in [7, 11) is 0. The second kappa shape index (κ2) is 23.3. The molecule has 0 bridgehead atoms. The lowest BCUT2D eigenvalue weighted by Crippen LogP contribution is -2.63. The van der Waals surface area contributed by atoms with Gasteiger partial charge in [0.1, 0.15) is 49.3 Å². The molecule has 22 heteroatoms. The Labute approximate surface area is 413 Å². The summed E-state index contributed by atoms with van der Waals surface area (Å²) in [6, 6.07) is 15.1. The Morgan fingerprint density at radius 3 is 1.64 bits per heavy atom. The van der Waals surface area contributed by atoms with Gasteiger partial charge in [-0.15, -0.1) is 0 Å². The van der Waals surface area contributed by atoms with Crippen LogP contribution in [-0.4, -0.2) is 120 Å². The molecule has 1 aliphatic carbocycles. The van der Waals surface area contributed by atoms with Gasteiger partial charge in [0.25, 0.3) is 0 Å². The van der Waals surface area contributed by atoms with Crippen molar-refractivity contribution in [3.8, 4) is 0 Å². The Morgan fingerprint density at radius 2 is 1.23 bits per heavy atom. The number of carbonyl (C=O) groups is 2. The highest BCUT2D eigenvalue weighted by molar-refractivity contribution is 6.68. The summed E-state index contributed by atoms with van der Waals surface area (Å²) in [4.78, 5) is 32.8. The number of aromatic nitrogens is 6. The summed E-state index contributed by atoms with van der Waals surface area (Å²) < 4.78 is -0.0786. The second-order valence-corrected chi connectivity index (χ2v) is 22.4. The molecular weight excluding hydrogens is 992 g/mol. The van der Waals surface area contributed by atoms with E-state index in [0.29, 0.717) is 61.3 Å². The number of aliphatic hydroxyl groups is 2. The molecule has 2 fully saturated rings. The fraction of sp³-hybridized carbons (Fsp3) is 0.476. The lowest BCUT2D eigenvalue weighted by atomic mass is 9.76. The Morgan fingerprint density at radius 1 is 0.766 bits per heavy atom. The van der Waals surface area contributed by atoms with Crippen molar-refractivity contribution in [3.63, 3.8) is 0 Å². The fourth-order valence-electron chi connectivity index (χ4n) is 7.09. The van der Waals surface area contributed by atoms with Crippen LogP contribution in [0.5, 0.6) is 0 Å². The minimum Gasteiger partial charge on any atom is -0.386 e. The van der Waals surface area contributed by atoms with Crippen LogP contribution < -0.4 is 10.6 Å². The van der Waals surface area contributed by atoms with E-state index in [9.17, 15) is 19.8 Å². The Balaban J connectivity index is 0.000000211. The summed E-state index contributed by atoms with van der Waals surface area (Å²) in [6.45, 7) is 12.3. The van der Waals surface area contributed by atoms with E-state index < -0.39 is 31.6 Å². The zero-order valence-electron chi connectivity index (χ0n) is 35.7. The second-order valence-electron chi connectivity index (χ2n) is 16.8. The number of piperazine rings is 1. The number of aliphatic hydroxyl groups excluding tert-OH is 1. The van der Waals surface area contributed by atoms with Gasteiger partial charge >= 0.3 is 0 Å². The molecule has 350 valence electrons. The summed E-state index contributed by atoms with van der Waals surface area (Å²) >= 11 is 47.0. The maximum absolute atomic E-state index is 11.4. The number of halogens is 8. The van der Waals surface area contributed by atoms with Gasteiger partial charge in [0.15, 0.2) is 0 Å². The smallest absolute Gasteiger partial charge is 0.223 e. The van der Waals surface area contributed by atoms with Gasteiger partial charge in [0, 0.05) is 36.2 Å². The molecule has 1 saturated carbocycles. The van der Waals surface area contributed by atoms with E-state index in [4.69, 9.17) is 92.8 Å². The molecule has 4 N–H and O–H groups in total. The Bertz CT molecular complexity index is 2080. The van der Waals surface area contributed by atoms with Crippen LogP contribution in [0.4, 0.5) is 0 Å². The van der Waals surface area contributed by atoms with Gasteiger partial charge in [-0.2, -0.15) is 10.2 Å². The van der Waals surface area contributed by atoms with Gasteiger partial charge in [-0.05, 0) is 70.7 Å². The zero-order chi connectivity index (χ0) is 47.5. The van der Waals surface area contributed by atoms with Crippen LogP contribution in [0.25, 0.3) is 17.8 Å². The highest BCUT2D eigenvalue weighted by Crippen LogP contribution is 2.51. The standard InChI is InChI=1S/C17H20ClN3O.C15H18ClN3O.C10H14Cl6N4O2/c1-16(2)8-7-14(9-13-3-5-15(18)6-4-13)17(16,22)10-21-12-19-11-20-21;1-15(2,3)14(20)13(19-10-17-9-18-19)8-11-4-6-12(16)7-5-11;11-9(12,13)7(17-5-21)19-1-2-20(4-3-19)8(18-6-22)10(14,15)16/h3-6,9,11-12,22H,7-8,10H2,1-2H3;4-10,14,20H,1-3H3;5-8H,1-4H2,(H,17,21)(H,18,22)/b14-9+;13-8+;. The van der Waals surface area contributed by atoms with Crippen molar-refractivity contribution in [1.82, 2.24) is 50.0 Å². The fourth-order valence-corrected chi connectivity index (χ4v) is 8.55. The maximum atomic E-state index is 11.4. The van der Waals surface area contributed by atoms with Gasteiger partial charge in [0.05, 0.1) is 12.2 Å². The largest absolute Gasteiger partial charge is 0.386 e. The van der Waals surface area contributed by atoms with Crippen molar-refractivity contribution >= 4 is 123 Å². The first-order valence-electron chi connectivity index (χ1n) is 19.9. The summed E-state index contributed by atoms with van der Waals surface area (Å²) in [5.74, 6) is 0. The first-order chi connectivity index (χ1) is 29.9. The predicted octanol–water partition coefficient (Wildman–Crippen LogP) is 8.39. The lowest BCUT2D eigenvalue weighted by molar-refractivity contribution is -0.113. The molecule has 1 saturated heterocycles. The number of nitrogens with zero attached hydrogens (tertiary/aromatic N) is 8. The minimum absolute atomic E-state index is 0.211. The van der Waals surface area contributed by atoms with Gasteiger partial charge in [-0.25, -0.2) is 19.3 Å². The van der Waals surface area contributed by atoms with Crippen LogP contribution in [0.2, 0.25) is 10.0 Å². The van der Waals surface area contributed by atoms with E-state index in [2.05, 4.69) is 50.7 Å². The van der Waals surface area contributed by atoms with Gasteiger partial charge in [-0.3, -0.25) is 19.4 Å². The third-order valence-corrected chi connectivity index (χ3v) is 12.6. The van der Waals surface area contributed by atoms with Crippen LogP contribution in [0.15, 0.2) is 79.4 Å². The summed E-state index contributed by atoms with van der Waals surface area (Å²) in [5.41, 5.74) is 2.27. The molecule has 3 heterocycles. The average Bonchev–Trinajstić information content (AvgIpc) is 3.99. The van der Waals surface area contributed by atoms with Crippen molar-refractivity contribution in [2.75, 3.05) is 26.2 Å². The van der Waals surface area contributed by atoms with Gasteiger partial charge < -0.3 is 20.8 Å². The molecule has 2 aromatic heterocycles. The van der Waals surface area contributed by atoms with E-state index in [0.717, 1.165) is 29.5 Å². The third-order valence-electron chi connectivity index (χ3n) is 10.9. The molecule has 64 heavy (non-hydrogen) atoms. The number of hydrogen-bond acceptors (Lipinski definition) is 10. The van der Waals surface area contributed by atoms with Crippen LogP contribution >= 0.6 is 92.8 Å².